The van der Waals surface area contributed by atoms with Crippen LogP contribution < -0.4 is 0 Å². The Kier molecular flexibility index (Phi) is 3.88. The summed E-state index contributed by atoms with van der Waals surface area (Å²) in [5.41, 5.74) is 1.04. The lowest BCUT2D eigenvalue weighted by molar-refractivity contribution is -0.172. The Morgan fingerprint density at radius 1 is 1.53 bits per heavy atom. The maximum atomic E-state index is 9.50. The lowest BCUT2D eigenvalue weighted by atomic mass is 10.2. The van der Waals surface area contributed by atoms with E-state index in [1.54, 1.807) is 0 Å². The zero-order chi connectivity index (χ0) is 12.1. The maximum Gasteiger partial charge on any atom is 0.368 e. The molecule has 0 saturated carbocycles. The Labute approximate surface area is 101 Å². The first-order valence-corrected chi connectivity index (χ1v) is 5.70. The molecule has 1 fully saturated rings. The van der Waals surface area contributed by atoms with Crippen molar-refractivity contribution in [1.82, 2.24) is 0 Å². The Morgan fingerprint density at radius 3 is 3.00 bits per heavy atom. The summed E-state index contributed by atoms with van der Waals surface area (Å²) in [5, 5.41) is 9.50. The molecule has 1 saturated heterocycles. The van der Waals surface area contributed by atoms with E-state index in [0.29, 0.717) is 19.8 Å². The summed E-state index contributed by atoms with van der Waals surface area (Å²) in [5.74, 6) is -0.107. The van der Waals surface area contributed by atoms with Gasteiger partial charge >= 0.3 is 18.5 Å². The number of hydrogen-bond acceptors (Lipinski definition) is 3. The molecule has 0 bridgehead atoms. The van der Waals surface area contributed by atoms with Crippen molar-refractivity contribution in [3.05, 3.63) is 48.1 Å². The minimum atomic E-state index is -0.223. The zero-order valence-electron chi connectivity index (χ0n) is 9.83. The van der Waals surface area contributed by atoms with Gasteiger partial charge in [-0.3, -0.25) is 4.74 Å². The van der Waals surface area contributed by atoms with Crippen molar-refractivity contribution in [3.8, 4) is 0 Å². The number of ether oxygens (including phenoxy) is 2. The van der Waals surface area contributed by atoms with Gasteiger partial charge < -0.3 is 14.2 Å². The van der Waals surface area contributed by atoms with Crippen LogP contribution in [0.25, 0.3) is 0 Å². The number of rotatable bonds is 4. The lowest BCUT2D eigenvalue weighted by Crippen LogP contribution is -2.10. The molecule has 4 nitrogen and oxygen atoms in total. The summed E-state index contributed by atoms with van der Waals surface area (Å²) in [6.45, 7) is 3.54. The number of hydrogen-bond donors (Lipinski definition) is 1. The van der Waals surface area contributed by atoms with E-state index in [1.807, 2.05) is 37.3 Å². The Morgan fingerprint density at radius 2 is 2.29 bits per heavy atom. The average Bonchev–Trinajstić information content (AvgIpc) is 2.78. The predicted octanol–water partition coefficient (Wildman–Crippen LogP) is 2.66. The summed E-state index contributed by atoms with van der Waals surface area (Å²) >= 11 is 0. The van der Waals surface area contributed by atoms with Crippen LogP contribution in [0.3, 0.4) is 0 Å². The van der Waals surface area contributed by atoms with Crippen LogP contribution in [0.1, 0.15) is 18.8 Å². The van der Waals surface area contributed by atoms with Crippen molar-refractivity contribution in [2.45, 2.75) is 13.2 Å². The highest BCUT2D eigenvalue weighted by atomic mass is 16.8. The van der Waals surface area contributed by atoms with E-state index in [1.165, 1.54) is 6.26 Å². The van der Waals surface area contributed by atoms with E-state index in [2.05, 4.69) is 4.37 Å². The van der Waals surface area contributed by atoms with Crippen LogP contribution in [0.15, 0.2) is 42.5 Å². The zero-order valence-corrected chi connectivity index (χ0v) is 9.83. The van der Waals surface area contributed by atoms with Crippen molar-refractivity contribution in [2.24, 2.45) is 0 Å². The maximum absolute atomic E-state index is 9.50. The summed E-state index contributed by atoms with van der Waals surface area (Å²) in [4.78, 5) is 0. The Hall–Kier alpha value is -1.68. The molecular formula is C13H17O4+. The molecule has 0 aliphatic carbocycles. The molecule has 1 aromatic rings. The van der Waals surface area contributed by atoms with Gasteiger partial charge in [-0.05, 0) is 19.1 Å². The summed E-state index contributed by atoms with van der Waals surface area (Å²) < 4.78 is 13.4. The van der Waals surface area contributed by atoms with E-state index in [9.17, 15) is 5.11 Å². The van der Waals surface area contributed by atoms with E-state index < -0.39 is 0 Å². The van der Waals surface area contributed by atoms with Crippen LogP contribution in [0, 0.1) is 0 Å². The van der Waals surface area contributed by atoms with Gasteiger partial charge in [0.1, 0.15) is 6.61 Å². The minimum Gasteiger partial charge on any atom is -0.545 e. The van der Waals surface area contributed by atoms with Gasteiger partial charge in [-0.1, -0.05) is 18.2 Å². The standard InChI is InChI=1S/C13H16O4/c1-2-15-12(14)10-17-9-8-16-13(17)11-6-4-3-5-7-11/h3-7,10,13H,2,8-9H2,1H3/p+1/b12-10+. The van der Waals surface area contributed by atoms with E-state index in [4.69, 9.17) is 9.47 Å². The average molecular weight is 237 g/mol. The number of benzene rings is 1. The molecule has 0 aromatic heterocycles. The fourth-order valence-electron chi connectivity index (χ4n) is 1.76. The summed E-state index contributed by atoms with van der Waals surface area (Å²) in [6.07, 6.45) is 1.28. The third-order valence-electron chi connectivity index (χ3n) is 2.48. The summed E-state index contributed by atoms with van der Waals surface area (Å²) in [6, 6.07) is 9.85. The molecular weight excluding hydrogens is 220 g/mol. The monoisotopic (exact) mass is 237 g/mol. The van der Waals surface area contributed by atoms with Crippen molar-refractivity contribution in [3.63, 3.8) is 0 Å². The molecule has 17 heavy (non-hydrogen) atoms. The largest absolute Gasteiger partial charge is 0.545 e. The quantitative estimate of drug-likeness (QED) is 0.646. The van der Waals surface area contributed by atoms with Crippen LogP contribution in [-0.2, 0) is 13.8 Å². The van der Waals surface area contributed by atoms with Gasteiger partial charge in [0.25, 0.3) is 0 Å². The van der Waals surface area contributed by atoms with Crippen LogP contribution in [0.2, 0.25) is 0 Å². The first-order chi connectivity index (χ1) is 8.31. The van der Waals surface area contributed by atoms with Gasteiger partial charge in [-0.25, -0.2) is 0 Å². The van der Waals surface area contributed by atoms with Crippen LogP contribution in [0.4, 0.5) is 0 Å². The van der Waals surface area contributed by atoms with Crippen molar-refractivity contribution in [2.75, 3.05) is 19.8 Å². The van der Waals surface area contributed by atoms with Crippen molar-refractivity contribution >= 4 is 0 Å². The molecule has 0 amide bonds. The molecule has 1 aliphatic heterocycles. The second kappa shape index (κ2) is 5.59. The van der Waals surface area contributed by atoms with Crippen molar-refractivity contribution in [1.29, 1.82) is 0 Å². The SMILES string of the molecule is CCO/C(O)=C/[O+]1CCOC1c1ccccc1. The molecule has 0 radical (unpaired) electrons. The fraction of sp³-hybridized carbons (Fsp3) is 0.385. The molecule has 92 valence electrons. The molecule has 4 heteroatoms. The van der Waals surface area contributed by atoms with Gasteiger partial charge in [0, 0.05) is 0 Å². The summed E-state index contributed by atoms with van der Waals surface area (Å²) in [7, 11) is 0. The van der Waals surface area contributed by atoms with E-state index in [-0.39, 0.29) is 12.2 Å². The minimum absolute atomic E-state index is 0.107. The molecule has 1 aliphatic rings. The van der Waals surface area contributed by atoms with Gasteiger partial charge in [0.15, 0.2) is 6.61 Å². The van der Waals surface area contributed by atoms with Crippen LogP contribution >= 0.6 is 0 Å². The number of aliphatic hydroxyl groups excluding tert-OH is 1. The molecule has 1 N–H and O–H groups in total. The van der Waals surface area contributed by atoms with E-state index >= 15 is 0 Å². The second-order valence-electron chi connectivity index (χ2n) is 3.68. The molecule has 1 unspecified atom stereocenters. The predicted molar refractivity (Wildman–Crippen MR) is 63.4 cm³/mol. The van der Waals surface area contributed by atoms with Gasteiger partial charge in [-0.15, -0.1) is 0 Å². The highest BCUT2D eigenvalue weighted by Crippen LogP contribution is 2.31. The van der Waals surface area contributed by atoms with Gasteiger partial charge in [0.2, 0.25) is 0 Å². The smallest absolute Gasteiger partial charge is 0.368 e. The molecule has 1 aromatic carbocycles. The highest BCUT2D eigenvalue weighted by Gasteiger charge is 2.31. The molecule has 0 spiro atoms. The first-order valence-electron chi connectivity index (χ1n) is 5.70. The molecule has 1 heterocycles. The number of aliphatic hydroxyl groups is 1. The normalized spacial score (nSPS) is 20.6. The van der Waals surface area contributed by atoms with Crippen LogP contribution in [-0.4, -0.2) is 24.9 Å². The second-order valence-corrected chi connectivity index (χ2v) is 3.68. The fourth-order valence-corrected chi connectivity index (χ4v) is 1.76. The Bertz CT molecular complexity index is 374. The van der Waals surface area contributed by atoms with Crippen molar-refractivity contribution < 1.29 is 18.9 Å². The van der Waals surface area contributed by atoms with Gasteiger partial charge in [-0.2, -0.15) is 0 Å². The lowest BCUT2D eigenvalue weighted by Gasteiger charge is -2.20. The Balaban J connectivity index is 2.10. The third kappa shape index (κ3) is 2.91. The van der Waals surface area contributed by atoms with Crippen LogP contribution in [0.5, 0.6) is 0 Å². The molecule has 1 atom stereocenters. The first kappa shape index (κ1) is 11.8. The highest BCUT2D eigenvalue weighted by molar-refractivity contribution is 5.17. The van der Waals surface area contributed by atoms with E-state index in [0.717, 1.165) is 5.56 Å². The third-order valence-corrected chi connectivity index (χ3v) is 2.48. The van der Waals surface area contributed by atoms with Gasteiger partial charge in [0.05, 0.1) is 12.2 Å². The molecule has 2 rings (SSSR count). The topological polar surface area (TPSA) is 41.4 Å².